The van der Waals surface area contributed by atoms with Gasteiger partial charge in [0.2, 0.25) is 0 Å². The van der Waals surface area contributed by atoms with Crippen LogP contribution in [-0.2, 0) is 42.7 Å². The number of anilines is 4. The molecule has 6 nitrogen and oxygen atoms in total. The fourth-order valence-corrected chi connectivity index (χ4v) is 11.1. The molecule has 1 aliphatic rings. The van der Waals surface area contributed by atoms with Crippen LogP contribution >= 0.6 is 0 Å². The Morgan fingerprint density at radius 3 is 1.69 bits per heavy atom. The van der Waals surface area contributed by atoms with Gasteiger partial charge in [-0.05, 0) is 121 Å². The Hall–Kier alpha value is -7.40. The minimum absolute atomic E-state index is 0. The van der Waals surface area contributed by atoms with E-state index in [0.717, 1.165) is 72.7 Å². The van der Waals surface area contributed by atoms with E-state index in [2.05, 4.69) is 272 Å². The Labute approximate surface area is 469 Å². The molecule has 0 aliphatic carbocycles. The van der Waals surface area contributed by atoms with E-state index >= 15 is 0 Å². The third-order valence-electron chi connectivity index (χ3n) is 15.2. The van der Waals surface area contributed by atoms with Gasteiger partial charge in [0, 0.05) is 77.8 Å². The normalized spacial score (nSPS) is 13.2. The second-order valence-electron chi connectivity index (χ2n) is 24.7. The smallest absolute Gasteiger partial charge is 0.136 e. The van der Waals surface area contributed by atoms with E-state index in [4.69, 9.17) is 9.72 Å². The standard InChI is InChI=1S/C70H66N5O.Pt/c1-67(2,3)46-31-33-53(57(41-46)70(10,11)12)45-35-36-71-65(37-45)75-63-30-20-29-62(74-58-25-15-13-23-54(58)55-24-14-16-26-59(55)74)66(63)56-34-32-52(43-64(56)75)76-51-22-19-21-49(42-51)72-44-73(61-28-18-17-27-60(61)72)50-39-47(68(4,5)6)38-48(40-50)69(7,8)9;/h13-41,44H,1-12H3;/q-3;. The van der Waals surface area contributed by atoms with Crippen molar-refractivity contribution in [1.82, 2.24) is 14.1 Å². The molecule has 0 saturated heterocycles. The minimum Gasteiger partial charge on any atom is -0.509 e. The molecule has 0 unspecified atom stereocenters. The number of para-hydroxylation sites is 4. The molecule has 390 valence electrons. The maximum absolute atomic E-state index is 6.88. The van der Waals surface area contributed by atoms with Crippen LogP contribution in [0.2, 0.25) is 0 Å². The first kappa shape index (κ1) is 51.7. The van der Waals surface area contributed by atoms with E-state index in [1.54, 1.807) is 0 Å². The average molecular weight is 1190 g/mol. The summed E-state index contributed by atoms with van der Waals surface area (Å²) >= 11 is 0. The number of nitrogens with zero attached hydrogens (tertiary/aromatic N) is 5. The molecule has 12 rings (SSSR count). The van der Waals surface area contributed by atoms with Crippen LogP contribution in [0.3, 0.4) is 0 Å². The molecule has 0 bridgehead atoms. The van der Waals surface area contributed by atoms with Crippen molar-refractivity contribution in [3.63, 3.8) is 0 Å². The van der Waals surface area contributed by atoms with Gasteiger partial charge in [-0.2, -0.15) is 12.1 Å². The Morgan fingerprint density at radius 1 is 0.455 bits per heavy atom. The van der Waals surface area contributed by atoms with Crippen molar-refractivity contribution in [1.29, 1.82) is 0 Å². The second-order valence-corrected chi connectivity index (χ2v) is 24.7. The third kappa shape index (κ3) is 9.23. The Balaban J connectivity index is 0.00000631. The summed E-state index contributed by atoms with van der Waals surface area (Å²) in [5.41, 5.74) is 16.9. The van der Waals surface area contributed by atoms with Crippen molar-refractivity contribution >= 4 is 66.4 Å². The number of hydrogen-bond acceptors (Lipinski definition) is 4. The van der Waals surface area contributed by atoms with Gasteiger partial charge in [0.05, 0.1) is 11.0 Å². The zero-order valence-electron chi connectivity index (χ0n) is 46.3. The van der Waals surface area contributed by atoms with Gasteiger partial charge in [0.1, 0.15) is 5.82 Å². The number of pyridine rings is 1. The number of aromatic nitrogens is 3. The molecule has 11 aromatic rings. The molecule has 77 heavy (non-hydrogen) atoms. The minimum atomic E-state index is -0.0950. The van der Waals surface area contributed by atoms with Gasteiger partial charge in [-0.3, -0.25) is 0 Å². The predicted molar refractivity (Wildman–Crippen MR) is 319 cm³/mol. The van der Waals surface area contributed by atoms with E-state index in [1.807, 2.05) is 24.4 Å². The SMILES string of the molecule is CC(C)(C)c1cc(N2[CH-]N(c3[c-]c(Oc4[c-]c5c(cc4)c4c(-n6c7ccccc7c7ccccc76)cccc4n5-c4cc(-c5ccc(C(C)(C)C)cc5C(C)(C)C)ccn4)ccc3)c3ccccc32)cc(C(C)(C)C)c1.[Pt]. The Morgan fingerprint density at radius 2 is 1.04 bits per heavy atom. The Kier molecular flexibility index (Phi) is 12.7. The first-order chi connectivity index (χ1) is 36.2. The number of hydrogen-bond donors (Lipinski definition) is 0. The monoisotopic (exact) mass is 1190 g/mol. The zero-order valence-corrected chi connectivity index (χ0v) is 48.6. The molecule has 0 N–H and O–H groups in total. The van der Waals surface area contributed by atoms with Crippen LogP contribution in [0.4, 0.5) is 22.7 Å². The van der Waals surface area contributed by atoms with Crippen molar-refractivity contribution in [2.45, 2.75) is 105 Å². The second kappa shape index (κ2) is 19.0. The van der Waals surface area contributed by atoms with Crippen LogP contribution in [0, 0.1) is 18.8 Å². The number of fused-ring (bicyclic) bond motifs is 7. The van der Waals surface area contributed by atoms with E-state index in [9.17, 15) is 0 Å². The molecule has 8 aromatic carbocycles. The van der Waals surface area contributed by atoms with Crippen LogP contribution in [0.25, 0.3) is 66.2 Å². The average Bonchev–Trinajstić information content (AvgIpc) is 4.13. The van der Waals surface area contributed by atoms with Crippen LogP contribution in [0.5, 0.6) is 11.5 Å². The summed E-state index contributed by atoms with van der Waals surface area (Å²) in [6, 6.07) is 68.9. The van der Waals surface area contributed by atoms with Gasteiger partial charge in [-0.25, -0.2) is 4.98 Å². The van der Waals surface area contributed by atoms with E-state index < -0.39 is 0 Å². The summed E-state index contributed by atoms with van der Waals surface area (Å²) in [4.78, 5) is 9.69. The largest absolute Gasteiger partial charge is 0.509 e. The van der Waals surface area contributed by atoms with Gasteiger partial charge >= 0.3 is 0 Å². The third-order valence-corrected chi connectivity index (χ3v) is 15.2. The topological polar surface area (TPSA) is 38.5 Å². The van der Waals surface area contributed by atoms with Crippen molar-refractivity contribution in [2.75, 3.05) is 9.80 Å². The van der Waals surface area contributed by atoms with Crippen LogP contribution in [-0.4, -0.2) is 14.1 Å². The maximum Gasteiger partial charge on any atom is 0.136 e. The summed E-state index contributed by atoms with van der Waals surface area (Å²) in [5.74, 6) is 1.96. The first-order valence-corrected chi connectivity index (χ1v) is 26.7. The van der Waals surface area contributed by atoms with Crippen LogP contribution in [0.15, 0.2) is 176 Å². The predicted octanol–water partition coefficient (Wildman–Crippen LogP) is 18.9. The van der Waals surface area contributed by atoms with Gasteiger partial charge in [-0.15, -0.1) is 42.7 Å². The molecule has 0 saturated carbocycles. The van der Waals surface area contributed by atoms with Crippen molar-refractivity contribution in [3.8, 4) is 34.1 Å². The quantitative estimate of drug-likeness (QED) is 0.149. The van der Waals surface area contributed by atoms with Gasteiger partial charge < -0.3 is 23.7 Å². The molecular formula is C70H66N5OPt-3. The zero-order chi connectivity index (χ0) is 53.1. The summed E-state index contributed by atoms with van der Waals surface area (Å²) in [5, 5.41) is 4.58. The summed E-state index contributed by atoms with van der Waals surface area (Å²) in [7, 11) is 0. The maximum atomic E-state index is 6.88. The molecule has 0 radical (unpaired) electrons. The van der Waals surface area contributed by atoms with Crippen molar-refractivity contribution in [2.24, 2.45) is 0 Å². The van der Waals surface area contributed by atoms with E-state index in [1.165, 1.54) is 38.6 Å². The van der Waals surface area contributed by atoms with Gasteiger partial charge in [0.15, 0.2) is 0 Å². The molecule has 0 amide bonds. The number of rotatable bonds is 7. The molecule has 0 atom stereocenters. The Bertz CT molecular complexity index is 3990. The molecule has 1 aliphatic heterocycles. The number of ether oxygens (including phenoxy) is 1. The molecule has 3 aromatic heterocycles. The molecule has 0 fully saturated rings. The van der Waals surface area contributed by atoms with Crippen LogP contribution in [0.1, 0.15) is 105 Å². The van der Waals surface area contributed by atoms with E-state index in [0.29, 0.717) is 11.5 Å². The molecule has 0 spiro atoms. The molecule has 7 heteroatoms. The summed E-state index contributed by atoms with van der Waals surface area (Å²) < 4.78 is 11.6. The summed E-state index contributed by atoms with van der Waals surface area (Å²) in [6.45, 7) is 29.7. The first-order valence-electron chi connectivity index (χ1n) is 26.7. The van der Waals surface area contributed by atoms with E-state index in [-0.39, 0.29) is 42.7 Å². The number of benzene rings is 8. The van der Waals surface area contributed by atoms with Crippen LogP contribution < -0.4 is 14.5 Å². The fourth-order valence-electron chi connectivity index (χ4n) is 11.1. The van der Waals surface area contributed by atoms with Gasteiger partial charge in [-0.1, -0.05) is 173 Å². The van der Waals surface area contributed by atoms with Gasteiger partial charge in [0.25, 0.3) is 0 Å². The molecule has 4 heterocycles. The molecular weight excluding hydrogens is 1120 g/mol. The van der Waals surface area contributed by atoms with Crippen molar-refractivity contribution < 1.29 is 25.8 Å². The summed E-state index contributed by atoms with van der Waals surface area (Å²) in [6.07, 6.45) is 1.95. The fraction of sp³-hybridized carbons (Fsp3) is 0.229. The van der Waals surface area contributed by atoms with Crippen molar-refractivity contribution in [3.05, 3.63) is 217 Å².